The van der Waals surface area contributed by atoms with Gasteiger partial charge in [-0.25, -0.2) is 4.39 Å². The summed E-state index contributed by atoms with van der Waals surface area (Å²) in [6, 6.07) is 6.42. The van der Waals surface area contributed by atoms with Crippen LogP contribution in [0.5, 0.6) is 0 Å². The fourth-order valence-electron chi connectivity index (χ4n) is 1.49. The zero-order valence-corrected chi connectivity index (χ0v) is 10.4. The molecule has 0 aliphatic heterocycles. The van der Waals surface area contributed by atoms with E-state index < -0.39 is 5.82 Å². The summed E-state index contributed by atoms with van der Waals surface area (Å²) in [5, 5.41) is 4.34. The molecule has 0 fully saturated rings. The smallest absolute Gasteiger partial charge is 0.256 e. The van der Waals surface area contributed by atoms with Crippen LogP contribution >= 0.6 is 11.3 Å². The van der Waals surface area contributed by atoms with Gasteiger partial charge in [0.2, 0.25) is 0 Å². The van der Waals surface area contributed by atoms with Gasteiger partial charge < -0.3 is 5.32 Å². The Balaban J connectivity index is 2.21. The van der Waals surface area contributed by atoms with Crippen molar-refractivity contribution in [1.29, 1.82) is 0 Å². The molecule has 1 aromatic carbocycles. The molecular weight excluding hydrogens is 237 g/mol. The van der Waals surface area contributed by atoms with E-state index >= 15 is 0 Å². The highest BCUT2D eigenvalue weighted by molar-refractivity contribution is 7.10. The number of thiophene rings is 1. The summed E-state index contributed by atoms with van der Waals surface area (Å²) in [6.07, 6.45) is 0. The molecule has 0 aliphatic carbocycles. The quantitative estimate of drug-likeness (QED) is 0.862. The molecule has 2 aromatic rings. The van der Waals surface area contributed by atoms with Crippen molar-refractivity contribution in [2.75, 3.05) is 5.32 Å². The van der Waals surface area contributed by atoms with Crippen molar-refractivity contribution in [3.8, 4) is 0 Å². The third kappa shape index (κ3) is 2.71. The molecule has 0 unspecified atom stereocenters. The number of carbonyl (C=O) groups excluding carboxylic acids is 1. The molecule has 17 heavy (non-hydrogen) atoms. The van der Waals surface area contributed by atoms with Crippen molar-refractivity contribution in [2.45, 2.75) is 13.8 Å². The third-order valence-corrected chi connectivity index (χ3v) is 3.22. The zero-order valence-electron chi connectivity index (χ0n) is 9.58. The van der Waals surface area contributed by atoms with Gasteiger partial charge in [-0.15, -0.1) is 11.3 Å². The molecule has 2 nitrogen and oxygen atoms in total. The van der Waals surface area contributed by atoms with Crippen molar-refractivity contribution in [2.24, 2.45) is 0 Å². The molecule has 0 saturated heterocycles. The second-order valence-electron chi connectivity index (χ2n) is 3.88. The van der Waals surface area contributed by atoms with E-state index in [9.17, 15) is 9.18 Å². The highest BCUT2D eigenvalue weighted by Crippen LogP contribution is 2.18. The normalized spacial score (nSPS) is 10.3. The Kier molecular flexibility index (Phi) is 3.24. The van der Waals surface area contributed by atoms with Crippen LogP contribution in [0.15, 0.2) is 29.6 Å². The van der Waals surface area contributed by atoms with Gasteiger partial charge >= 0.3 is 0 Å². The highest BCUT2D eigenvalue weighted by Gasteiger charge is 2.10. The van der Waals surface area contributed by atoms with E-state index in [4.69, 9.17) is 0 Å². The van der Waals surface area contributed by atoms with Crippen LogP contribution in [0, 0.1) is 19.7 Å². The number of halogens is 1. The first-order valence-electron chi connectivity index (χ1n) is 5.19. The summed E-state index contributed by atoms with van der Waals surface area (Å²) < 4.78 is 13.4. The van der Waals surface area contributed by atoms with Crippen molar-refractivity contribution >= 4 is 22.9 Å². The number of hydrogen-bond acceptors (Lipinski definition) is 2. The topological polar surface area (TPSA) is 29.1 Å². The van der Waals surface area contributed by atoms with Crippen molar-refractivity contribution < 1.29 is 9.18 Å². The summed E-state index contributed by atoms with van der Waals surface area (Å²) in [4.78, 5) is 12.9. The van der Waals surface area contributed by atoms with Gasteiger partial charge in [0.25, 0.3) is 5.91 Å². The molecule has 0 spiro atoms. The van der Waals surface area contributed by atoms with Crippen LogP contribution in [0.4, 0.5) is 10.1 Å². The molecular formula is C13H12FNOS. The Morgan fingerprint density at radius 1 is 1.29 bits per heavy atom. The monoisotopic (exact) mass is 249 g/mol. The molecule has 0 atom stereocenters. The number of rotatable bonds is 2. The van der Waals surface area contributed by atoms with Gasteiger partial charge in [-0.05, 0) is 37.6 Å². The van der Waals surface area contributed by atoms with Crippen LogP contribution in [0.1, 0.15) is 20.8 Å². The average molecular weight is 249 g/mol. The van der Waals surface area contributed by atoms with Crippen LogP contribution in [0.2, 0.25) is 0 Å². The van der Waals surface area contributed by atoms with E-state index in [-0.39, 0.29) is 11.6 Å². The van der Waals surface area contributed by atoms with Gasteiger partial charge in [0, 0.05) is 10.3 Å². The molecule has 0 aliphatic rings. The average Bonchev–Trinajstić information content (AvgIpc) is 2.70. The summed E-state index contributed by atoms with van der Waals surface area (Å²) >= 11 is 1.50. The van der Waals surface area contributed by atoms with Crippen LogP contribution in [0.25, 0.3) is 0 Å². The Hall–Kier alpha value is -1.68. The zero-order chi connectivity index (χ0) is 12.4. The lowest BCUT2D eigenvalue weighted by molar-refractivity contribution is 0.102. The summed E-state index contributed by atoms with van der Waals surface area (Å²) in [7, 11) is 0. The molecule has 88 valence electrons. The van der Waals surface area contributed by atoms with Gasteiger partial charge in [0.1, 0.15) is 5.82 Å². The number of carbonyl (C=O) groups is 1. The van der Waals surface area contributed by atoms with E-state index in [1.807, 2.05) is 13.8 Å². The van der Waals surface area contributed by atoms with Gasteiger partial charge in [0.15, 0.2) is 0 Å². The number of amides is 1. The largest absolute Gasteiger partial charge is 0.319 e. The van der Waals surface area contributed by atoms with E-state index in [1.54, 1.807) is 23.6 Å². The second kappa shape index (κ2) is 4.67. The molecule has 0 saturated carbocycles. The van der Waals surface area contributed by atoms with E-state index in [2.05, 4.69) is 5.32 Å². The minimum absolute atomic E-state index is 0.221. The maximum atomic E-state index is 13.4. The van der Waals surface area contributed by atoms with E-state index in [1.165, 1.54) is 17.4 Å². The minimum Gasteiger partial charge on any atom is -0.319 e. The molecule has 0 radical (unpaired) electrons. The van der Waals surface area contributed by atoms with Crippen LogP contribution < -0.4 is 5.32 Å². The Morgan fingerprint density at radius 2 is 2.06 bits per heavy atom. The molecule has 0 bridgehead atoms. The molecule has 1 heterocycles. The summed E-state index contributed by atoms with van der Waals surface area (Å²) in [6.45, 7) is 3.78. The lowest BCUT2D eigenvalue weighted by Crippen LogP contribution is -2.12. The lowest BCUT2D eigenvalue weighted by Gasteiger charge is -2.06. The Morgan fingerprint density at radius 3 is 2.71 bits per heavy atom. The highest BCUT2D eigenvalue weighted by atomic mass is 32.1. The van der Waals surface area contributed by atoms with Gasteiger partial charge in [-0.2, -0.15) is 0 Å². The third-order valence-electron chi connectivity index (χ3n) is 2.36. The van der Waals surface area contributed by atoms with Crippen LogP contribution in [-0.2, 0) is 0 Å². The van der Waals surface area contributed by atoms with Gasteiger partial charge in [-0.1, -0.05) is 6.07 Å². The maximum absolute atomic E-state index is 13.4. The fraction of sp³-hybridized carbons (Fsp3) is 0.154. The maximum Gasteiger partial charge on any atom is 0.256 e. The van der Waals surface area contributed by atoms with Crippen LogP contribution in [-0.4, -0.2) is 5.91 Å². The number of aryl methyl sites for hydroxylation is 2. The first-order valence-corrected chi connectivity index (χ1v) is 6.07. The second-order valence-corrected chi connectivity index (χ2v) is 5.00. The van der Waals surface area contributed by atoms with Gasteiger partial charge in [-0.3, -0.25) is 4.79 Å². The SMILES string of the molecule is Cc1ccc(F)c(NC(=O)c2csc(C)c2)c1. The standard InChI is InChI=1S/C13H12FNOS/c1-8-3-4-11(14)12(5-8)15-13(16)10-6-9(2)17-7-10/h3-7H,1-2H3,(H,15,16). The Bertz CT molecular complexity index is 562. The number of benzene rings is 1. The lowest BCUT2D eigenvalue weighted by atomic mass is 10.2. The summed E-state index contributed by atoms with van der Waals surface area (Å²) in [5.41, 5.74) is 1.69. The first kappa shape index (κ1) is 11.8. The molecule has 1 N–H and O–H groups in total. The van der Waals surface area contributed by atoms with Crippen LogP contribution in [0.3, 0.4) is 0 Å². The first-order chi connectivity index (χ1) is 8.06. The van der Waals surface area contributed by atoms with Crippen molar-refractivity contribution in [1.82, 2.24) is 0 Å². The molecule has 1 aromatic heterocycles. The predicted octanol–water partition coefficient (Wildman–Crippen LogP) is 3.76. The predicted molar refractivity (Wildman–Crippen MR) is 68.1 cm³/mol. The molecule has 4 heteroatoms. The number of hydrogen-bond donors (Lipinski definition) is 1. The van der Waals surface area contributed by atoms with E-state index in [0.29, 0.717) is 5.56 Å². The van der Waals surface area contributed by atoms with Gasteiger partial charge in [0.05, 0.1) is 11.3 Å². The number of nitrogens with one attached hydrogen (secondary N) is 1. The minimum atomic E-state index is -0.420. The van der Waals surface area contributed by atoms with Crippen molar-refractivity contribution in [3.05, 3.63) is 51.5 Å². The summed E-state index contributed by atoms with van der Waals surface area (Å²) in [5.74, 6) is -0.699. The van der Waals surface area contributed by atoms with Crippen molar-refractivity contribution in [3.63, 3.8) is 0 Å². The molecule has 1 amide bonds. The molecule has 2 rings (SSSR count). The fourth-order valence-corrected chi connectivity index (χ4v) is 2.17. The van der Waals surface area contributed by atoms with E-state index in [0.717, 1.165) is 10.4 Å². The Labute approximate surface area is 103 Å². The number of anilines is 1.